The molecule has 11 heteroatoms. The Morgan fingerprint density at radius 2 is 1.75 bits per heavy atom. The molecule has 0 amide bonds. The molecule has 0 atom stereocenters. The molecule has 5 nitrogen and oxygen atoms in total. The molecule has 1 aromatic heterocycles. The number of halogens is 6. The van der Waals surface area contributed by atoms with Gasteiger partial charge in [-0.25, -0.2) is 14.8 Å². The third kappa shape index (κ3) is 4.33. The average Bonchev–Trinajstić information content (AvgIpc) is 2.73. The number of carbonyl (C=O) groups is 1. The van der Waals surface area contributed by atoms with E-state index < -0.39 is 24.1 Å². The number of hydrogen-bond donors (Lipinski definition) is 2. The Labute approximate surface area is 107 Å². The molecule has 2 N–H and O–H groups in total. The van der Waals surface area contributed by atoms with E-state index in [1.165, 1.54) is 6.20 Å². The van der Waals surface area contributed by atoms with Crippen LogP contribution in [0, 0.1) is 0 Å². The summed E-state index contributed by atoms with van der Waals surface area (Å²) in [5.74, 6) is -3.82. The topological polar surface area (TPSA) is 75.1 Å². The highest BCUT2D eigenvalue weighted by Crippen LogP contribution is 2.26. The van der Waals surface area contributed by atoms with Crippen LogP contribution >= 0.6 is 0 Å². The molecule has 20 heavy (non-hydrogen) atoms. The van der Waals surface area contributed by atoms with E-state index >= 15 is 0 Å². The van der Waals surface area contributed by atoms with Gasteiger partial charge >= 0.3 is 18.3 Å². The molecule has 1 aromatic rings. The highest BCUT2D eigenvalue weighted by molar-refractivity contribution is 5.73. The van der Waals surface area contributed by atoms with Crippen molar-refractivity contribution in [1.82, 2.24) is 15.3 Å². The predicted octanol–water partition coefficient (Wildman–Crippen LogP) is 1.73. The van der Waals surface area contributed by atoms with Crippen molar-refractivity contribution in [2.45, 2.75) is 25.4 Å². The third-order valence-corrected chi connectivity index (χ3v) is 2.06. The number of aliphatic carboxylic acids is 1. The number of alkyl halides is 6. The van der Waals surface area contributed by atoms with E-state index in [9.17, 15) is 26.3 Å². The number of aromatic nitrogens is 2. The minimum absolute atomic E-state index is 0.390. The van der Waals surface area contributed by atoms with Crippen LogP contribution in [0.3, 0.4) is 0 Å². The summed E-state index contributed by atoms with van der Waals surface area (Å²) in [4.78, 5) is 15.6. The van der Waals surface area contributed by atoms with Gasteiger partial charge in [-0.15, -0.1) is 0 Å². The van der Waals surface area contributed by atoms with Crippen molar-refractivity contribution in [3.8, 4) is 0 Å². The van der Waals surface area contributed by atoms with Crippen LogP contribution in [0.25, 0.3) is 0 Å². The average molecular weight is 303 g/mol. The Morgan fingerprint density at radius 3 is 2.20 bits per heavy atom. The molecule has 0 aromatic carbocycles. The lowest BCUT2D eigenvalue weighted by Crippen LogP contribution is -2.21. The summed E-state index contributed by atoms with van der Waals surface area (Å²) in [5.41, 5.74) is 1.19. The standard InChI is InChI=1S/C7H6F3N3.C2HF3O2/c8-7(9,10)6-12-2-4-1-11-3-5(4)13-6;3-2(4,5)1(6)7/h2,11H,1,3H2;(H,6,7). The molecule has 0 fully saturated rings. The second kappa shape index (κ2) is 5.61. The van der Waals surface area contributed by atoms with Gasteiger partial charge in [-0.05, 0) is 0 Å². The van der Waals surface area contributed by atoms with Crippen LogP contribution in [0.15, 0.2) is 6.20 Å². The third-order valence-electron chi connectivity index (χ3n) is 2.06. The Bertz CT molecular complexity index is 499. The minimum Gasteiger partial charge on any atom is -0.475 e. The van der Waals surface area contributed by atoms with Crippen LogP contribution in [-0.2, 0) is 24.1 Å². The van der Waals surface area contributed by atoms with Crippen molar-refractivity contribution in [2.75, 3.05) is 0 Å². The highest BCUT2D eigenvalue weighted by atomic mass is 19.4. The molecule has 1 aliphatic heterocycles. The van der Waals surface area contributed by atoms with Crippen LogP contribution in [0.1, 0.15) is 17.1 Å². The molecule has 2 rings (SSSR count). The van der Waals surface area contributed by atoms with Crippen molar-refractivity contribution in [3.05, 3.63) is 23.3 Å². The number of carboxylic acid groups (broad SMARTS) is 1. The largest absolute Gasteiger partial charge is 0.490 e. The van der Waals surface area contributed by atoms with Crippen LogP contribution < -0.4 is 5.32 Å². The molecule has 1 aliphatic rings. The predicted molar refractivity (Wildman–Crippen MR) is 51.3 cm³/mol. The van der Waals surface area contributed by atoms with Gasteiger partial charge in [0.2, 0.25) is 5.82 Å². The number of nitrogens with one attached hydrogen (secondary N) is 1. The molecule has 0 bridgehead atoms. The van der Waals surface area contributed by atoms with Crippen molar-refractivity contribution in [1.29, 1.82) is 0 Å². The van der Waals surface area contributed by atoms with E-state index in [0.717, 1.165) is 5.56 Å². The molecular weight excluding hydrogens is 296 g/mol. The number of fused-ring (bicyclic) bond motifs is 1. The molecule has 2 heterocycles. The maximum atomic E-state index is 12.1. The van der Waals surface area contributed by atoms with Gasteiger partial charge in [0.05, 0.1) is 5.69 Å². The highest BCUT2D eigenvalue weighted by Gasteiger charge is 2.38. The van der Waals surface area contributed by atoms with E-state index in [4.69, 9.17) is 9.90 Å². The van der Waals surface area contributed by atoms with E-state index in [2.05, 4.69) is 15.3 Å². The fourth-order valence-electron chi connectivity index (χ4n) is 1.19. The molecule has 0 spiro atoms. The first kappa shape index (κ1) is 16.1. The zero-order chi connectivity index (χ0) is 15.6. The molecule has 0 aliphatic carbocycles. The lowest BCUT2D eigenvalue weighted by atomic mass is 10.3. The molecular formula is C9H7F6N3O2. The van der Waals surface area contributed by atoms with E-state index in [0.29, 0.717) is 18.8 Å². The summed E-state index contributed by atoms with van der Waals surface area (Å²) >= 11 is 0. The Morgan fingerprint density at radius 1 is 1.20 bits per heavy atom. The Balaban J connectivity index is 0.000000246. The van der Waals surface area contributed by atoms with Crippen LogP contribution in [0.5, 0.6) is 0 Å². The first-order valence-corrected chi connectivity index (χ1v) is 4.94. The summed E-state index contributed by atoms with van der Waals surface area (Å²) in [6.45, 7) is 0.939. The van der Waals surface area contributed by atoms with Crippen molar-refractivity contribution in [2.24, 2.45) is 0 Å². The number of carboxylic acids is 1. The fourth-order valence-corrected chi connectivity index (χ4v) is 1.19. The number of nitrogens with zero attached hydrogens (tertiary/aromatic N) is 2. The monoisotopic (exact) mass is 303 g/mol. The van der Waals surface area contributed by atoms with Gasteiger partial charge in [0.25, 0.3) is 0 Å². The lowest BCUT2D eigenvalue weighted by Gasteiger charge is -2.05. The van der Waals surface area contributed by atoms with Crippen molar-refractivity contribution < 1.29 is 36.2 Å². The second-order valence-electron chi connectivity index (χ2n) is 3.57. The smallest absolute Gasteiger partial charge is 0.475 e. The van der Waals surface area contributed by atoms with E-state index in [1.54, 1.807) is 0 Å². The number of rotatable bonds is 0. The van der Waals surface area contributed by atoms with Gasteiger partial charge in [-0.2, -0.15) is 26.3 Å². The number of hydrogen-bond acceptors (Lipinski definition) is 4. The van der Waals surface area contributed by atoms with Crippen LogP contribution in [0.4, 0.5) is 26.3 Å². The molecule has 0 saturated heterocycles. The van der Waals surface area contributed by atoms with Crippen LogP contribution in [0.2, 0.25) is 0 Å². The lowest BCUT2D eigenvalue weighted by molar-refractivity contribution is -0.192. The normalized spacial score (nSPS) is 14.3. The maximum absolute atomic E-state index is 12.1. The second-order valence-corrected chi connectivity index (χ2v) is 3.57. The summed E-state index contributed by atoms with van der Waals surface area (Å²) in [7, 11) is 0. The minimum atomic E-state index is -5.08. The molecule has 0 saturated carbocycles. The SMILES string of the molecule is FC(F)(F)c1ncc2c(n1)CNC2.O=C(O)C(F)(F)F. The van der Waals surface area contributed by atoms with Gasteiger partial charge in [-0.3, -0.25) is 0 Å². The summed E-state index contributed by atoms with van der Waals surface area (Å²) in [6, 6.07) is 0. The zero-order valence-corrected chi connectivity index (χ0v) is 9.51. The first-order chi connectivity index (χ1) is 9.01. The van der Waals surface area contributed by atoms with Gasteiger partial charge in [0, 0.05) is 24.8 Å². The van der Waals surface area contributed by atoms with Gasteiger partial charge in [0.15, 0.2) is 0 Å². The maximum Gasteiger partial charge on any atom is 0.490 e. The first-order valence-electron chi connectivity index (χ1n) is 4.94. The fraction of sp³-hybridized carbons (Fsp3) is 0.444. The zero-order valence-electron chi connectivity index (χ0n) is 9.51. The molecule has 112 valence electrons. The molecule has 0 radical (unpaired) electrons. The summed E-state index contributed by atoms with van der Waals surface area (Å²) in [5, 5.41) is 10.0. The van der Waals surface area contributed by atoms with E-state index in [1.807, 2.05) is 0 Å². The summed E-state index contributed by atoms with van der Waals surface area (Å²) < 4.78 is 68.1. The van der Waals surface area contributed by atoms with Gasteiger partial charge in [-0.1, -0.05) is 0 Å². The van der Waals surface area contributed by atoms with Gasteiger partial charge in [0.1, 0.15) is 0 Å². The van der Waals surface area contributed by atoms with Crippen molar-refractivity contribution >= 4 is 5.97 Å². The Hall–Kier alpha value is -1.91. The quantitative estimate of drug-likeness (QED) is 0.714. The Kier molecular flexibility index (Phi) is 4.53. The molecule has 0 unspecified atom stereocenters. The van der Waals surface area contributed by atoms with E-state index in [-0.39, 0.29) is 0 Å². The van der Waals surface area contributed by atoms with Crippen LogP contribution in [-0.4, -0.2) is 27.2 Å². The van der Waals surface area contributed by atoms with Crippen molar-refractivity contribution in [3.63, 3.8) is 0 Å². The van der Waals surface area contributed by atoms with Gasteiger partial charge < -0.3 is 10.4 Å². The summed E-state index contributed by atoms with van der Waals surface area (Å²) in [6.07, 6.45) is -8.30.